The number of aryl methyl sites for hydroxylation is 1. The smallest absolute Gasteiger partial charge is 0.236 e. The van der Waals surface area contributed by atoms with Gasteiger partial charge in [-0.2, -0.15) is 0 Å². The number of rotatable bonds is 6. The first-order chi connectivity index (χ1) is 11.7. The average Bonchev–Trinajstić information content (AvgIpc) is 3.31. The maximum absolute atomic E-state index is 5.51. The van der Waals surface area contributed by atoms with E-state index < -0.39 is 0 Å². The van der Waals surface area contributed by atoms with Crippen molar-refractivity contribution >= 4 is 28.6 Å². The van der Waals surface area contributed by atoms with Crippen LogP contribution in [-0.4, -0.2) is 22.5 Å². The second-order valence-electron chi connectivity index (χ2n) is 5.03. The highest BCUT2D eigenvalue weighted by Crippen LogP contribution is 2.23. The van der Waals surface area contributed by atoms with Crippen molar-refractivity contribution in [3.8, 4) is 10.8 Å². The molecule has 0 spiro atoms. The largest absolute Gasteiger partial charge is 0.443 e. The minimum atomic E-state index is 0.459. The normalized spacial score (nSPS) is 11.7. The molecule has 24 heavy (non-hydrogen) atoms. The van der Waals surface area contributed by atoms with Crippen molar-refractivity contribution in [3.05, 3.63) is 45.6 Å². The lowest BCUT2D eigenvalue weighted by Gasteiger charge is -2.09. The highest BCUT2D eigenvalue weighted by Gasteiger charge is 2.07. The van der Waals surface area contributed by atoms with Crippen LogP contribution in [0.3, 0.4) is 0 Å². The van der Waals surface area contributed by atoms with Crippen molar-refractivity contribution in [2.75, 3.05) is 6.54 Å². The molecule has 3 aromatic rings. The second kappa shape index (κ2) is 8.07. The molecule has 0 radical (unpaired) electrons. The number of nitrogens with zero attached hydrogens (tertiary/aromatic N) is 3. The van der Waals surface area contributed by atoms with Gasteiger partial charge in [-0.3, -0.25) is 0 Å². The molecule has 3 aromatic heterocycles. The molecule has 0 saturated carbocycles. The summed E-state index contributed by atoms with van der Waals surface area (Å²) < 4.78 is 5.51. The van der Waals surface area contributed by atoms with Gasteiger partial charge in [-0.15, -0.1) is 22.7 Å². The van der Waals surface area contributed by atoms with Gasteiger partial charge in [-0.25, -0.2) is 15.0 Å². The van der Waals surface area contributed by atoms with Crippen LogP contribution in [0.5, 0.6) is 0 Å². The van der Waals surface area contributed by atoms with E-state index in [1.807, 2.05) is 30.6 Å². The molecule has 0 aliphatic carbocycles. The molecule has 0 fully saturated rings. The van der Waals surface area contributed by atoms with E-state index in [0.717, 1.165) is 28.1 Å². The Morgan fingerprint density at radius 3 is 3.00 bits per heavy atom. The van der Waals surface area contributed by atoms with Crippen LogP contribution in [0.1, 0.15) is 22.5 Å². The summed E-state index contributed by atoms with van der Waals surface area (Å²) in [5, 5.41) is 9.56. The van der Waals surface area contributed by atoms with Crippen LogP contribution in [0.4, 0.5) is 0 Å². The molecule has 0 aliphatic heterocycles. The molecule has 0 atom stereocenters. The lowest BCUT2D eigenvalue weighted by atomic mass is 10.4. The van der Waals surface area contributed by atoms with Crippen LogP contribution in [0, 0.1) is 6.92 Å². The minimum Gasteiger partial charge on any atom is -0.443 e. The lowest BCUT2D eigenvalue weighted by Crippen LogP contribution is -2.36. The number of aromatic nitrogens is 2. The van der Waals surface area contributed by atoms with E-state index in [1.54, 1.807) is 28.9 Å². The zero-order chi connectivity index (χ0) is 16.8. The number of aliphatic imine (C=N–C) groups is 1. The van der Waals surface area contributed by atoms with Gasteiger partial charge in [-0.1, -0.05) is 6.07 Å². The predicted octanol–water partition coefficient (Wildman–Crippen LogP) is 3.42. The molecule has 6 nitrogen and oxygen atoms in total. The fourth-order valence-electron chi connectivity index (χ4n) is 2.04. The van der Waals surface area contributed by atoms with E-state index in [2.05, 4.69) is 32.5 Å². The quantitative estimate of drug-likeness (QED) is 0.520. The number of hydrogen-bond acceptors (Lipinski definition) is 6. The fraction of sp³-hybridized carbons (Fsp3) is 0.312. The van der Waals surface area contributed by atoms with Gasteiger partial charge in [0.2, 0.25) is 5.89 Å². The number of thiazole rings is 1. The topological polar surface area (TPSA) is 75.3 Å². The summed E-state index contributed by atoms with van der Waals surface area (Å²) in [6.45, 7) is 6.00. The number of guanidine groups is 1. The van der Waals surface area contributed by atoms with Gasteiger partial charge in [0.1, 0.15) is 17.0 Å². The summed E-state index contributed by atoms with van der Waals surface area (Å²) in [6, 6.07) is 3.97. The Morgan fingerprint density at radius 2 is 2.29 bits per heavy atom. The van der Waals surface area contributed by atoms with Crippen molar-refractivity contribution in [2.24, 2.45) is 4.99 Å². The van der Waals surface area contributed by atoms with Crippen molar-refractivity contribution in [2.45, 2.75) is 26.9 Å². The van der Waals surface area contributed by atoms with E-state index in [4.69, 9.17) is 4.42 Å². The number of nitrogens with one attached hydrogen (secondary N) is 2. The molecule has 3 rings (SSSR count). The van der Waals surface area contributed by atoms with Crippen LogP contribution in [-0.2, 0) is 13.1 Å². The SMILES string of the molecule is CCNC(=NCc1coc(-c2cccs2)n1)NCc1ncc(C)s1. The van der Waals surface area contributed by atoms with Crippen LogP contribution in [0.25, 0.3) is 10.8 Å². The molecule has 2 N–H and O–H groups in total. The summed E-state index contributed by atoms with van der Waals surface area (Å²) >= 11 is 3.29. The number of hydrogen-bond donors (Lipinski definition) is 2. The first kappa shape index (κ1) is 16.7. The summed E-state index contributed by atoms with van der Waals surface area (Å²) in [5.74, 6) is 1.39. The number of thiophene rings is 1. The summed E-state index contributed by atoms with van der Waals surface area (Å²) in [6.07, 6.45) is 3.54. The van der Waals surface area contributed by atoms with Gasteiger partial charge in [0.15, 0.2) is 5.96 Å². The van der Waals surface area contributed by atoms with Gasteiger partial charge in [-0.05, 0) is 25.3 Å². The zero-order valence-electron chi connectivity index (χ0n) is 13.6. The molecule has 0 aromatic carbocycles. The third-order valence-corrected chi connectivity index (χ3v) is 4.87. The zero-order valence-corrected chi connectivity index (χ0v) is 15.2. The van der Waals surface area contributed by atoms with Gasteiger partial charge in [0.25, 0.3) is 0 Å². The first-order valence-corrected chi connectivity index (χ1v) is 9.36. The standard InChI is InChI=1S/C16H19N5OS2/c1-3-17-16(20-9-14-18-7-11(2)24-14)19-8-12-10-22-15(21-12)13-5-4-6-23-13/h4-7,10H,3,8-9H2,1-2H3,(H2,17,19,20). The van der Waals surface area contributed by atoms with Crippen molar-refractivity contribution in [3.63, 3.8) is 0 Å². The summed E-state index contributed by atoms with van der Waals surface area (Å²) in [7, 11) is 0. The molecular weight excluding hydrogens is 342 g/mol. The van der Waals surface area contributed by atoms with Gasteiger partial charge in [0.05, 0.1) is 18.0 Å². The first-order valence-electron chi connectivity index (χ1n) is 7.66. The molecule has 3 heterocycles. The number of oxazole rings is 1. The van der Waals surface area contributed by atoms with Crippen LogP contribution < -0.4 is 10.6 Å². The molecule has 0 bridgehead atoms. The van der Waals surface area contributed by atoms with Gasteiger partial charge in [0, 0.05) is 17.6 Å². The van der Waals surface area contributed by atoms with Crippen molar-refractivity contribution < 1.29 is 4.42 Å². The van der Waals surface area contributed by atoms with Crippen molar-refractivity contribution in [1.82, 2.24) is 20.6 Å². The molecule has 0 amide bonds. The Hall–Kier alpha value is -2.19. The Balaban J connectivity index is 1.61. The molecule has 0 unspecified atom stereocenters. The minimum absolute atomic E-state index is 0.459. The fourth-order valence-corrected chi connectivity index (χ4v) is 3.42. The van der Waals surface area contributed by atoms with Gasteiger partial charge >= 0.3 is 0 Å². The lowest BCUT2D eigenvalue weighted by molar-refractivity contribution is 0.574. The Kier molecular flexibility index (Phi) is 5.60. The van der Waals surface area contributed by atoms with Gasteiger partial charge < -0.3 is 15.1 Å². The highest BCUT2D eigenvalue weighted by atomic mass is 32.1. The Bertz CT molecular complexity index is 791. The predicted molar refractivity (Wildman–Crippen MR) is 98.3 cm³/mol. The molecule has 0 aliphatic rings. The maximum Gasteiger partial charge on any atom is 0.236 e. The summed E-state index contributed by atoms with van der Waals surface area (Å²) in [4.78, 5) is 15.6. The van der Waals surface area contributed by atoms with E-state index >= 15 is 0 Å². The molecule has 8 heteroatoms. The van der Waals surface area contributed by atoms with E-state index in [0.29, 0.717) is 19.0 Å². The maximum atomic E-state index is 5.51. The Labute approximate surface area is 148 Å². The van der Waals surface area contributed by atoms with Crippen molar-refractivity contribution in [1.29, 1.82) is 0 Å². The average molecular weight is 361 g/mol. The summed E-state index contributed by atoms with van der Waals surface area (Å²) in [5.41, 5.74) is 0.806. The van der Waals surface area contributed by atoms with Crippen LogP contribution >= 0.6 is 22.7 Å². The highest BCUT2D eigenvalue weighted by molar-refractivity contribution is 7.13. The van der Waals surface area contributed by atoms with Crippen LogP contribution in [0.2, 0.25) is 0 Å². The third-order valence-electron chi connectivity index (χ3n) is 3.10. The molecular formula is C16H19N5OS2. The second-order valence-corrected chi connectivity index (χ2v) is 7.30. The Morgan fingerprint density at radius 1 is 1.38 bits per heavy atom. The monoisotopic (exact) mass is 361 g/mol. The molecule has 126 valence electrons. The third kappa shape index (κ3) is 4.42. The molecule has 0 saturated heterocycles. The van der Waals surface area contributed by atoms with Crippen LogP contribution in [0.15, 0.2) is 39.4 Å². The van der Waals surface area contributed by atoms with E-state index in [9.17, 15) is 0 Å². The van der Waals surface area contributed by atoms with E-state index in [1.165, 1.54) is 4.88 Å². The van der Waals surface area contributed by atoms with E-state index in [-0.39, 0.29) is 0 Å².